The Balaban J connectivity index is 1.49. The van der Waals surface area contributed by atoms with Crippen LogP contribution in [0, 0.1) is 24.0 Å². The molecule has 0 aliphatic rings. The zero-order valence-corrected chi connectivity index (χ0v) is 26.3. The van der Waals surface area contributed by atoms with Crippen LogP contribution in [0.4, 0.5) is 5.69 Å². The number of carbonyl (C=O) groups is 1. The number of ether oxygens (including phenoxy) is 2. The molecule has 0 saturated carbocycles. The van der Waals surface area contributed by atoms with Gasteiger partial charge in [0, 0.05) is 29.4 Å². The first-order valence-corrected chi connectivity index (χ1v) is 15.1. The van der Waals surface area contributed by atoms with Crippen molar-refractivity contribution in [1.82, 2.24) is 19.6 Å². The van der Waals surface area contributed by atoms with Gasteiger partial charge < -0.3 is 9.47 Å². The average molecular weight is 646 g/mol. The number of H-pyrrole nitrogens is 2. The summed E-state index contributed by atoms with van der Waals surface area (Å²) in [5.74, 6) is -1.29. The summed E-state index contributed by atoms with van der Waals surface area (Å²) in [5.41, 5.74) is 2.94. The Labute approximate surface area is 273 Å². The van der Waals surface area contributed by atoms with Crippen LogP contribution in [0.5, 0.6) is 11.5 Å². The van der Waals surface area contributed by atoms with Gasteiger partial charge in [0.25, 0.3) is 16.8 Å². The lowest BCUT2D eigenvalue weighted by Gasteiger charge is -2.18. The lowest BCUT2D eigenvalue weighted by Crippen LogP contribution is -2.25. The molecule has 0 saturated heterocycles. The molecule has 2 N–H and O–H groups in total. The zero-order chi connectivity index (χ0) is 33.9. The summed E-state index contributed by atoms with van der Waals surface area (Å²) < 4.78 is 14.5. The summed E-state index contributed by atoms with van der Waals surface area (Å²) in [6, 6.07) is 28.2. The third-order valence-corrected chi connectivity index (χ3v) is 7.96. The van der Waals surface area contributed by atoms with Crippen molar-refractivity contribution in [3.8, 4) is 22.9 Å². The van der Waals surface area contributed by atoms with Gasteiger partial charge in [0.05, 0.1) is 39.6 Å². The topological polar surface area (TPSA) is 154 Å². The highest BCUT2D eigenvalue weighted by atomic mass is 16.6. The Morgan fingerprint density at radius 3 is 1.77 bits per heavy atom. The average Bonchev–Trinajstić information content (AvgIpc) is 3.56. The molecule has 4 aromatic carbocycles. The predicted octanol–water partition coefficient (Wildman–Crippen LogP) is 5.97. The first kappa shape index (κ1) is 31.5. The largest absolute Gasteiger partial charge is 0.490 e. The predicted molar refractivity (Wildman–Crippen MR) is 179 cm³/mol. The Hall–Kier alpha value is -6.43. The van der Waals surface area contributed by atoms with E-state index in [0.717, 1.165) is 0 Å². The Morgan fingerprint density at radius 1 is 0.771 bits per heavy atom. The van der Waals surface area contributed by atoms with Crippen LogP contribution in [0.15, 0.2) is 113 Å². The van der Waals surface area contributed by atoms with Crippen molar-refractivity contribution in [2.24, 2.45) is 0 Å². The molecule has 0 fully saturated rings. The maximum Gasteiger partial charge on any atom is 0.343 e. The number of esters is 1. The van der Waals surface area contributed by atoms with Crippen molar-refractivity contribution in [3.63, 3.8) is 0 Å². The summed E-state index contributed by atoms with van der Waals surface area (Å²) in [4.78, 5) is 51.9. The van der Waals surface area contributed by atoms with E-state index >= 15 is 0 Å². The number of aryl methyl sites for hydroxylation is 2. The first-order valence-electron chi connectivity index (χ1n) is 15.1. The third kappa shape index (κ3) is 5.94. The molecule has 2 heterocycles. The van der Waals surface area contributed by atoms with E-state index in [2.05, 4.69) is 10.2 Å². The van der Waals surface area contributed by atoms with Crippen LogP contribution in [0.1, 0.15) is 51.3 Å². The molecule has 0 atom stereocenters. The molecule has 12 nitrogen and oxygen atoms in total. The molecule has 6 aromatic rings. The lowest BCUT2D eigenvalue weighted by molar-refractivity contribution is -0.384. The molecule has 48 heavy (non-hydrogen) atoms. The number of rotatable bonds is 10. The number of hydrogen-bond donors (Lipinski definition) is 2. The van der Waals surface area contributed by atoms with Crippen LogP contribution in [0.3, 0.4) is 0 Å². The van der Waals surface area contributed by atoms with Crippen LogP contribution < -0.4 is 20.6 Å². The van der Waals surface area contributed by atoms with E-state index in [0.29, 0.717) is 39.5 Å². The van der Waals surface area contributed by atoms with E-state index in [1.54, 1.807) is 63.2 Å². The molecule has 0 aliphatic carbocycles. The summed E-state index contributed by atoms with van der Waals surface area (Å²) >= 11 is 0. The molecular formula is C36H31N5O7. The molecule has 0 bridgehead atoms. The second-order valence-electron chi connectivity index (χ2n) is 11.0. The summed E-state index contributed by atoms with van der Waals surface area (Å²) in [5, 5.41) is 17.4. The molecule has 6 rings (SSSR count). The normalized spacial score (nSPS) is 11.1. The second kappa shape index (κ2) is 13.1. The highest BCUT2D eigenvalue weighted by Gasteiger charge is 2.32. The van der Waals surface area contributed by atoms with Crippen LogP contribution in [-0.2, 0) is 0 Å². The molecule has 0 spiro atoms. The third-order valence-electron chi connectivity index (χ3n) is 7.96. The minimum absolute atomic E-state index is 0.0997. The van der Waals surface area contributed by atoms with Gasteiger partial charge in [0.2, 0.25) is 0 Å². The van der Waals surface area contributed by atoms with Crippen molar-refractivity contribution in [2.45, 2.75) is 26.7 Å². The number of nitrogens with zero attached hydrogens (tertiary/aromatic N) is 3. The minimum atomic E-state index is -0.856. The van der Waals surface area contributed by atoms with E-state index in [9.17, 15) is 24.5 Å². The fraction of sp³-hybridized carbons (Fsp3) is 0.139. The monoisotopic (exact) mass is 645 g/mol. The van der Waals surface area contributed by atoms with E-state index in [1.807, 2.05) is 36.4 Å². The van der Waals surface area contributed by atoms with Gasteiger partial charge in [-0.15, -0.1) is 0 Å². The fourth-order valence-corrected chi connectivity index (χ4v) is 5.73. The van der Waals surface area contributed by atoms with Gasteiger partial charge in [-0.3, -0.25) is 29.9 Å². The van der Waals surface area contributed by atoms with Crippen LogP contribution in [0.2, 0.25) is 0 Å². The van der Waals surface area contributed by atoms with Crippen LogP contribution in [0.25, 0.3) is 11.4 Å². The number of para-hydroxylation sites is 2. The molecule has 0 unspecified atom stereocenters. The van der Waals surface area contributed by atoms with E-state index in [-0.39, 0.29) is 40.5 Å². The van der Waals surface area contributed by atoms with Crippen molar-refractivity contribution in [3.05, 3.63) is 168 Å². The highest BCUT2D eigenvalue weighted by Crippen LogP contribution is 2.38. The van der Waals surface area contributed by atoms with Gasteiger partial charge >= 0.3 is 5.97 Å². The quantitative estimate of drug-likeness (QED) is 0.0805. The maximum absolute atomic E-state index is 14.2. The second-order valence-corrected chi connectivity index (χ2v) is 11.0. The molecule has 242 valence electrons. The summed E-state index contributed by atoms with van der Waals surface area (Å²) in [7, 11) is 0. The molecule has 0 radical (unpaired) electrons. The highest BCUT2D eigenvalue weighted by molar-refractivity contribution is 5.91. The van der Waals surface area contributed by atoms with E-state index in [4.69, 9.17) is 9.47 Å². The van der Waals surface area contributed by atoms with Crippen molar-refractivity contribution in [1.29, 1.82) is 0 Å². The van der Waals surface area contributed by atoms with Gasteiger partial charge in [-0.25, -0.2) is 14.2 Å². The lowest BCUT2D eigenvalue weighted by atomic mass is 9.85. The van der Waals surface area contributed by atoms with E-state index < -0.39 is 16.8 Å². The molecule has 0 amide bonds. The first-order chi connectivity index (χ1) is 23.2. The van der Waals surface area contributed by atoms with Gasteiger partial charge in [0.15, 0.2) is 11.5 Å². The molecule has 12 heteroatoms. The van der Waals surface area contributed by atoms with E-state index in [1.165, 1.54) is 33.6 Å². The number of aromatic nitrogens is 4. The minimum Gasteiger partial charge on any atom is -0.490 e. The fourth-order valence-electron chi connectivity index (χ4n) is 5.73. The maximum atomic E-state index is 14.2. The van der Waals surface area contributed by atoms with Crippen LogP contribution in [-0.4, -0.2) is 37.1 Å². The number of nitro groups is 1. The van der Waals surface area contributed by atoms with Gasteiger partial charge in [0.1, 0.15) is 0 Å². The van der Waals surface area contributed by atoms with Crippen molar-refractivity contribution in [2.75, 3.05) is 6.61 Å². The Morgan fingerprint density at radius 2 is 1.29 bits per heavy atom. The molecule has 0 aliphatic heterocycles. The van der Waals surface area contributed by atoms with Crippen molar-refractivity contribution < 1.29 is 19.2 Å². The number of non-ortho nitro benzene ring substituents is 1. The Bertz CT molecular complexity index is 2130. The van der Waals surface area contributed by atoms with Crippen molar-refractivity contribution >= 4 is 11.7 Å². The standard InChI is InChI=1S/C36H31N5O7/c1-4-47-30-21-25(17-20-29(30)48-36(44)24-15-18-28(19-16-24)41(45)46)33(31-22(2)37-39(34(31)42)26-11-7-5-8-12-26)32-23(3)38-40(35(32)43)27-13-9-6-10-14-27/h5-21,33,37-38H,4H2,1-3H3. The van der Waals surface area contributed by atoms with Gasteiger partial charge in [-0.1, -0.05) is 42.5 Å². The molecule has 2 aromatic heterocycles. The summed E-state index contributed by atoms with van der Waals surface area (Å²) in [6.07, 6.45) is 0. The van der Waals surface area contributed by atoms with Crippen LogP contribution >= 0.6 is 0 Å². The Kier molecular flexibility index (Phi) is 8.63. The number of nitro benzene ring substituents is 1. The van der Waals surface area contributed by atoms with Gasteiger partial charge in [-0.2, -0.15) is 0 Å². The van der Waals surface area contributed by atoms with Gasteiger partial charge in [-0.05, 0) is 74.9 Å². The number of nitrogens with one attached hydrogen (secondary N) is 2. The molecular weight excluding hydrogens is 614 g/mol. The number of carbonyl (C=O) groups excluding carboxylic acids is 1. The number of benzene rings is 4. The summed E-state index contributed by atoms with van der Waals surface area (Å²) in [6.45, 7) is 5.56. The number of hydrogen-bond acceptors (Lipinski definition) is 7. The SMILES string of the molecule is CCOc1cc(C(c2c(C)[nH]n(-c3ccccc3)c2=O)c2c(C)[nH]n(-c3ccccc3)c2=O)ccc1OC(=O)c1ccc([N+](=O)[O-])cc1. The smallest absolute Gasteiger partial charge is 0.343 e. The number of aromatic amines is 2. The zero-order valence-electron chi connectivity index (χ0n) is 26.3.